The highest BCUT2D eigenvalue weighted by Gasteiger charge is 2.54. The molecule has 2 aliphatic rings. The fraction of sp³-hybridized carbons (Fsp3) is 0.474. The van der Waals surface area contributed by atoms with E-state index in [1.165, 1.54) is 12.1 Å². The number of epoxide rings is 1. The second-order valence-corrected chi connectivity index (χ2v) is 6.69. The highest BCUT2D eigenvalue weighted by atomic mass is 19.1. The first-order chi connectivity index (χ1) is 12.1. The van der Waals surface area contributed by atoms with Crippen LogP contribution in [-0.4, -0.2) is 34.3 Å². The van der Waals surface area contributed by atoms with E-state index in [-0.39, 0.29) is 29.8 Å². The molecule has 1 aliphatic heterocycles. The van der Waals surface area contributed by atoms with Gasteiger partial charge in [-0.25, -0.2) is 14.2 Å². The summed E-state index contributed by atoms with van der Waals surface area (Å²) in [5.74, 6) is -0.830. The third-order valence-electron chi connectivity index (χ3n) is 5.15. The van der Waals surface area contributed by atoms with Crippen LogP contribution in [0.2, 0.25) is 0 Å². The van der Waals surface area contributed by atoms with Crippen molar-refractivity contribution in [3.8, 4) is 11.3 Å². The van der Waals surface area contributed by atoms with Gasteiger partial charge in [0.1, 0.15) is 11.4 Å². The molecule has 0 unspecified atom stereocenters. The predicted molar refractivity (Wildman–Crippen MR) is 89.8 cm³/mol. The van der Waals surface area contributed by atoms with Crippen molar-refractivity contribution in [1.29, 1.82) is 0 Å². The van der Waals surface area contributed by atoms with Crippen LogP contribution in [0.4, 0.5) is 4.39 Å². The van der Waals surface area contributed by atoms with Crippen LogP contribution in [0.1, 0.15) is 49.1 Å². The highest BCUT2D eigenvalue weighted by Crippen LogP contribution is 2.50. The number of hydrogen-bond donors (Lipinski definition) is 0. The van der Waals surface area contributed by atoms with Crippen LogP contribution in [0, 0.1) is 5.82 Å². The number of hydrogen-bond acceptors (Lipinski definition) is 4. The Morgan fingerprint density at radius 1 is 1.48 bits per heavy atom. The van der Waals surface area contributed by atoms with Crippen LogP contribution < -0.4 is 0 Å². The second-order valence-electron chi connectivity index (χ2n) is 6.69. The molecule has 1 aromatic heterocycles. The van der Waals surface area contributed by atoms with E-state index in [1.807, 2.05) is 4.57 Å². The maximum absolute atomic E-state index is 13.8. The number of benzene rings is 1. The number of imidazole rings is 1. The Bertz CT molecular complexity index is 798. The van der Waals surface area contributed by atoms with Gasteiger partial charge in [0.25, 0.3) is 0 Å². The first-order valence-corrected chi connectivity index (χ1v) is 8.78. The Kier molecular flexibility index (Phi) is 4.07. The SMILES string of the molecule is CCOC(=O)c1ncn([C@H]2CCCC[C@]23CO3)c1-c1cccc(F)c1. The zero-order valence-corrected chi connectivity index (χ0v) is 14.2. The summed E-state index contributed by atoms with van der Waals surface area (Å²) < 4.78 is 26.7. The molecule has 2 atom stereocenters. The number of ether oxygens (including phenoxy) is 2. The molecule has 5 nitrogen and oxygen atoms in total. The average molecular weight is 344 g/mol. The first-order valence-electron chi connectivity index (χ1n) is 8.78. The number of nitrogens with zero attached hydrogens (tertiary/aromatic N) is 2. The van der Waals surface area contributed by atoms with Crippen molar-refractivity contribution >= 4 is 5.97 Å². The van der Waals surface area contributed by atoms with Crippen molar-refractivity contribution in [3.05, 3.63) is 42.1 Å². The average Bonchev–Trinajstić information content (AvgIpc) is 3.22. The van der Waals surface area contributed by atoms with E-state index in [1.54, 1.807) is 25.4 Å². The lowest BCUT2D eigenvalue weighted by Crippen LogP contribution is -2.31. The van der Waals surface area contributed by atoms with E-state index in [2.05, 4.69) is 4.98 Å². The summed E-state index contributed by atoms with van der Waals surface area (Å²) in [6, 6.07) is 6.36. The topological polar surface area (TPSA) is 56.6 Å². The van der Waals surface area contributed by atoms with Crippen molar-refractivity contribution in [2.24, 2.45) is 0 Å². The molecule has 2 heterocycles. The van der Waals surface area contributed by atoms with Crippen LogP contribution >= 0.6 is 0 Å². The number of esters is 1. The second kappa shape index (κ2) is 6.26. The molecule has 1 spiro atoms. The molecule has 0 radical (unpaired) electrons. The van der Waals surface area contributed by atoms with Crippen LogP contribution in [-0.2, 0) is 9.47 Å². The molecule has 6 heteroatoms. The summed E-state index contributed by atoms with van der Waals surface area (Å²) in [5.41, 5.74) is 1.31. The van der Waals surface area contributed by atoms with E-state index in [9.17, 15) is 9.18 Å². The van der Waals surface area contributed by atoms with E-state index in [0.717, 1.165) is 32.3 Å². The summed E-state index contributed by atoms with van der Waals surface area (Å²) in [7, 11) is 0. The van der Waals surface area contributed by atoms with Gasteiger partial charge < -0.3 is 14.0 Å². The molecule has 1 saturated heterocycles. The van der Waals surface area contributed by atoms with Gasteiger partial charge in [0.05, 0.1) is 31.3 Å². The molecule has 132 valence electrons. The number of aromatic nitrogens is 2. The molecule has 0 bridgehead atoms. The van der Waals surface area contributed by atoms with Crippen LogP contribution in [0.15, 0.2) is 30.6 Å². The standard InChI is InChI=1S/C19H21FN2O3/c1-2-24-18(23)16-17(13-6-5-7-14(20)10-13)22(12-21-16)15-8-3-4-9-19(15)11-25-19/h5-7,10,12,15H,2-4,8-9,11H2,1H3/t15-,19-/m0/s1. The highest BCUT2D eigenvalue weighted by molar-refractivity contribution is 5.94. The fourth-order valence-corrected chi connectivity index (χ4v) is 3.88. The molecule has 25 heavy (non-hydrogen) atoms. The lowest BCUT2D eigenvalue weighted by Gasteiger charge is -2.31. The summed E-state index contributed by atoms with van der Waals surface area (Å²) in [5, 5.41) is 0. The van der Waals surface area contributed by atoms with E-state index >= 15 is 0 Å². The summed E-state index contributed by atoms with van der Waals surface area (Å²) in [6.45, 7) is 2.75. The maximum Gasteiger partial charge on any atom is 0.359 e. The lowest BCUT2D eigenvalue weighted by molar-refractivity contribution is 0.0520. The van der Waals surface area contributed by atoms with Gasteiger partial charge in [-0.05, 0) is 31.9 Å². The van der Waals surface area contributed by atoms with Crippen molar-refractivity contribution in [3.63, 3.8) is 0 Å². The normalized spacial score (nSPS) is 25.1. The van der Waals surface area contributed by atoms with E-state index < -0.39 is 5.97 Å². The van der Waals surface area contributed by atoms with E-state index in [4.69, 9.17) is 9.47 Å². The van der Waals surface area contributed by atoms with E-state index in [0.29, 0.717) is 11.3 Å². The minimum absolute atomic E-state index is 0.107. The first kappa shape index (κ1) is 16.3. The van der Waals surface area contributed by atoms with Gasteiger partial charge in [-0.3, -0.25) is 0 Å². The van der Waals surface area contributed by atoms with Crippen molar-refractivity contribution in [1.82, 2.24) is 9.55 Å². The van der Waals surface area contributed by atoms with Gasteiger partial charge in [-0.1, -0.05) is 25.0 Å². The molecule has 1 aromatic carbocycles. The van der Waals surface area contributed by atoms with Gasteiger partial charge in [-0.2, -0.15) is 0 Å². The lowest BCUT2D eigenvalue weighted by atomic mass is 9.84. The molecular weight excluding hydrogens is 323 g/mol. The Labute approximate surface area is 145 Å². The van der Waals surface area contributed by atoms with Gasteiger partial charge in [0, 0.05) is 5.56 Å². The zero-order chi connectivity index (χ0) is 17.4. The number of carbonyl (C=O) groups excluding carboxylic acids is 1. The Balaban J connectivity index is 1.83. The molecular formula is C19H21FN2O3. The Hall–Kier alpha value is -2.21. The van der Waals surface area contributed by atoms with Crippen LogP contribution in [0.25, 0.3) is 11.3 Å². The Morgan fingerprint density at radius 2 is 2.32 bits per heavy atom. The number of halogens is 1. The predicted octanol–water partition coefficient (Wildman–Crippen LogP) is 3.75. The summed E-state index contributed by atoms with van der Waals surface area (Å²) in [6.07, 6.45) is 5.89. The molecule has 0 N–H and O–H groups in total. The quantitative estimate of drug-likeness (QED) is 0.626. The zero-order valence-electron chi connectivity index (χ0n) is 14.2. The van der Waals surface area contributed by atoms with Gasteiger partial charge in [0.2, 0.25) is 0 Å². The van der Waals surface area contributed by atoms with Crippen molar-refractivity contribution in [2.75, 3.05) is 13.2 Å². The summed E-state index contributed by atoms with van der Waals surface area (Å²) >= 11 is 0. The van der Waals surface area contributed by atoms with Crippen LogP contribution in [0.5, 0.6) is 0 Å². The van der Waals surface area contributed by atoms with Gasteiger partial charge in [-0.15, -0.1) is 0 Å². The molecule has 1 saturated carbocycles. The fourth-order valence-electron chi connectivity index (χ4n) is 3.88. The molecule has 0 amide bonds. The van der Waals surface area contributed by atoms with Gasteiger partial charge >= 0.3 is 5.97 Å². The smallest absolute Gasteiger partial charge is 0.359 e. The minimum Gasteiger partial charge on any atom is -0.461 e. The van der Waals surface area contributed by atoms with Crippen molar-refractivity contribution < 1.29 is 18.7 Å². The molecule has 4 rings (SSSR count). The van der Waals surface area contributed by atoms with Gasteiger partial charge in [0.15, 0.2) is 5.69 Å². The van der Waals surface area contributed by atoms with Crippen LogP contribution in [0.3, 0.4) is 0 Å². The minimum atomic E-state index is -0.484. The van der Waals surface area contributed by atoms with Crippen molar-refractivity contribution in [2.45, 2.75) is 44.2 Å². The molecule has 1 aliphatic carbocycles. The third-order valence-corrected chi connectivity index (χ3v) is 5.15. The maximum atomic E-state index is 13.8. The molecule has 2 fully saturated rings. The number of rotatable bonds is 4. The third kappa shape index (κ3) is 2.84. The summed E-state index contributed by atoms with van der Waals surface area (Å²) in [4.78, 5) is 16.7. The monoisotopic (exact) mass is 344 g/mol. The largest absolute Gasteiger partial charge is 0.461 e. The molecule has 2 aromatic rings. The number of carbonyl (C=O) groups is 1. The Morgan fingerprint density at radius 3 is 3.04 bits per heavy atom.